The molecule has 2 rings (SSSR count). The van der Waals surface area contributed by atoms with Gasteiger partial charge in [0.2, 0.25) is 0 Å². The zero-order valence-electron chi connectivity index (χ0n) is 11.4. The molecule has 3 N–H and O–H groups in total. The van der Waals surface area contributed by atoms with Gasteiger partial charge < -0.3 is 5.73 Å². The van der Waals surface area contributed by atoms with Crippen molar-refractivity contribution in [3.05, 3.63) is 67.0 Å². The predicted octanol–water partition coefficient (Wildman–Crippen LogP) is 0.800. The third-order valence-electron chi connectivity index (χ3n) is 3.42. The highest BCUT2D eigenvalue weighted by atomic mass is 19.1. The van der Waals surface area contributed by atoms with E-state index in [0.29, 0.717) is 22.3 Å². The van der Waals surface area contributed by atoms with Gasteiger partial charge in [0.15, 0.2) is 0 Å². The molecule has 0 atom stereocenters. The Hall–Kier alpha value is -2.21. The van der Waals surface area contributed by atoms with Crippen molar-refractivity contribution in [2.75, 3.05) is 0 Å². The number of hydrogen-bond acceptors (Lipinski definition) is 3. The standard InChI is InChI=1S/C14H16FN3O2/c1-8-9(2)14(20)18(17-13(8)19)7-10-3-4-12(15)5-11(10)6-16/h3-5H,6-7,16H2,1-2H3,(H,17,19). The molecule has 106 valence electrons. The molecule has 0 bridgehead atoms. The summed E-state index contributed by atoms with van der Waals surface area (Å²) in [5, 5.41) is 2.51. The minimum atomic E-state index is -0.380. The van der Waals surface area contributed by atoms with E-state index in [1.54, 1.807) is 19.9 Å². The lowest BCUT2D eigenvalue weighted by Gasteiger charge is -2.11. The Labute approximate surface area is 114 Å². The van der Waals surface area contributed by atoms with Crippen LogP contribution < -0.4 is 16.9 Å². The van der Waals surface area contributed by atoms with Crippen molar-refractivity contribution in [3.63, 3.8) is 0 Å². The molecule has 2 aromatic rings. The molecule has 0 radical (unpaired) electrons. The fourth-order valence-electron chi connectivity index (χ4n) is 2.01. The van der Waals surface area contributed by atoms with Crippen LogP contribution in [0.5, 0.6) is 0 Å². The molecular formula is C14H16FN3O2. The van der Waals surface area contributed by atoms with E-state index < -0.39 is 0 Å². The molecule has 5 nitrogen and oxygen atoms in total. The molecule has 0 amide bonds. The fraction of sp³-hybridized carbons (Fsp3) is 0.286. The average Bonchev–Trinajstić information content (AvgIpc) is 2.44. The number of aromatic amines is 1. The number of H-pyrrole nitrogens is 1. The highest BCUT2D eigenvalue weighted by Gasteiger charge is 2.09. The van der Waals surface area contributed by atoms with Crippen molar-refractivity contribution >= 4 is 0 Å². The van der Waals surface area contributed by atoms with Gasteiger partial charge in [-0.3, -0.25) is 14.7 Å². The SMILES string of the molecule is Cc1c(C)c(=O)n(Cc2ccc(F)cc2CN)[nH]c1=O. The molecule has 20 heavy (non-hydrogen) atoms. The lowest BCUT2D eigenvalue weighted by molar-refractivity contribution is 0.604. The number of aromatic nitrogens is 2. The molecule has 0 aliphatic carbocycles. The lowest BCUT2D eigenvalue weighted by Crippen LogP contribution is -2.33. The summed E-state index contributed by atoms with van der Waals surface area (Å²) in [6, 6.07) is 4.20. The van der Waals surface area contributed by atoms with Crippen LogP contribution in [0, 0.1) is 19.7 Å². The Morgan fingerprint density at radius 1 is 1.20 bits per heavy atom. The molecule has 0 spiro atoms. The van der Waals surface area contributed by atoms with Gasteiger partial charge in [0, 0.05) is 17.7 Å². The van der Waals surface area contributed by atoms with E-state index in [2.05, 4.69) is 5.10 Å². The first-order valence-corrected chi connectivity index (χ1v) is 6.21. The van der Waals surface area contributed by atoms with E-state index in [-0.39, 0.29) is 30.0 Å². The number of rotatable bonds is 3. The average molecular weight is 277 g/mol. The number of halogens is 1. The molecule has 0 saturated heterocycles. The zero-order valence-corrected chi connectivity index (χ0v) is 11.4. The summed E-state index contributed by atoms with van der Waals surface area (Å²) in [6.45, 7) is 3.53. The maximum absolute atomic E-state index is 13.2. The van der Waals surface area contributed by atoms with Crippen LogP contribution in [0.4, 0.5) is 4.39 Å². The summed E-state index contributed by atoms with van der Waals surface area (Å²) >= 11 is 0. The molecule has 1 heterocycles. The number of nitrogens with zero attached hydrogens (tertiary/aromatic N) is 1. The number of nitrogens with one attached hydrogen (secondary N) is 1. The minimum Gasteiger partial charge on any atom is -0.326 e. The number of benzene rings is 1. The first-order chi connectivity index (χ1) is 9.43. The maximum Gasteiger partial charge on any atom is 0.268 e. The number of nitrogens with two attached hydrogens (primary N) is 1. The van der Waals surface area contributed by atoms with Crippen LogP contribution in [-0.2, 0) is 13.1 Å². The van der Waals surface area contributed by atoms with E-state index in [0.717, 1.165) is 0 Å². The van der Waals surface area contributed by atoms with Crippen molar-refractivity contribution in [2.45, 2.75) is 26.9 Å². The first kappa shape index (κ1) is 14.2. The quantitative estimate of drug-likeness (QED) is 0.870. The smallest absolute Gasteiger partial charge is 0.268 e. The van der Waals surface area contributed by atoms with E-state index >= 15 is 0 Å². The van der Waals surface area contributed by atoms with Gasteiger partial charge in [-0.05, 0) is 37.1 Å². The zero-order chi connectivity index (χ0) is 14.9. The Balaban J connectivity index is 2.51. The molecule has 6 heteroatoms. The molecule has 0 aliphatic rings. The second-order valence-electron chi connectivity index (χ2n) is 4.70. The number of hydrogen-bond donors (Lipinski definition) is 2. The van der Waals surface area contributed by atoms with Gasteiger partial charge in [-0.2, -0.15) is 0 Å². The molecule has 1 aromatic carbocycles. The third kappa shape index (κ3) is 2.55. The molecule has 1 aromatic heterocycles. The van der Waals surface area contributed by atoms with Crippen LogP contribution in [0.3, 0.4) is 0 Å². The topological polar surface area (TPSA) is 80.9 Å². The second-order valence-corrected chi connectivity index (χ2v) is 4.70. The van der Waals surface area contributed by atoms with E-state index in [4.69, 9.17) is 5.73 Å². The van der Waals surface area contributed by atoms with Crippen molar-refractivity contribution in [1.29, 1.82) is 0 Å². The van der Waals surface area contributed by atoms with Crippen LogP contribution in [0.2, 0.25) is 0 Å². The Morgan fingerprint density at radius 3 is 2.55 bits per heavy atom. The Morgan fingerprint density at radius 2 is 1.90 bits per heavy atom. The van der Waals surface area contributed by atoms with E-state index in [1.165, 1.54) is 16.8 Å². The van der Waals surface area contributed by atoms with Crippen LogP contribution in [0.15, 0.2) is 27.8 Å². The van der Waals surface area contributed by atoms with Crippen molar-refractivity contribution in [3.8, 4) is 0 Å². The van der Waals surface area contributed by atoms with Crippen LogP contribution in [0.25, 0.3) is 0 Å². The normalized spacial score (nSPS) is 10.8. The summed E-state index contributed by atoms with van der Waals surface area (Å²) in [4.78, 5) is 23.8. The maximum atomic E-state index is 13.2. The minimum absolute atomic E-state index is 0.155. The fourth-order valence-corrected chi connectivity index (χ4v) is 2.01. The van der Waals surface area contributed by atoms with Gasteiger partial charge >= 0.3 is 0 Å². The largest absolute Gasteiger partial charge is 0.326 e. The van der Waals surface area contributed by atoms with Crippen molar-refractivity contribution in [2.24, 2.45) is 5.73 Å². The van der Waals surface area contributed by atoms with E-state index in [1.807, 2.05) is 0 Å². The molecule has 0 aliphatic heterocycles. The van der Waals surface area contributed by atoms with Gasteiger partial charge in [-0.15, -0.1) is 0 Å². The second kappa shape index (κ2) is 5.42. The first-order valence-electron chi connectivity index (χ1n) is 6.21. The highest BCUT2D eigenvalue weighted by Crippen LogP contribution is 2.11. The molecule has 0 saturated carbocycles. The Kier molecular flexibility index (Phi) is 3.85. The van der Waals surface area contributed by atoms with Gasteiger partial charge in [0.05, 0.1) is 6.54 Å². The Bertz CT molecular complexity index is 762. The van der Waals surface area contributed by atoms with Gasteiger partial charge in [0.1, 0.15) is 5.82 Å². The lowest BCUT2D eigenvalue weighted by atomic mass is 10.1. The van der Waals surface area contributed by atoms with Crippen LogP contribution in [-0.4, -0.2) is 9.78 Å². The molecule has 0 fully saturated rings. The predicted molar refractivity (Wildman–Crippen MR) is 74.2 cm³/mol. The van der Waals surface area contributed by atoms with Gasteiger partial charge in [0.25, 0.3) is 11.1 Å². The molecular weight excluding hydrogens is 261 g/mol. The van der Waals surface area contributed by atoms with Crippen molar-refractivity contribution < 1.29 is 4.39 Å². The summed E-state index contributed by atoms with van der Waals surface area (Å²) in [6.07, 6.45) is 0. The molecule has 0 unspecified atom stereocenters. The summed E-state index contributed by atoms with van der Waals surface area (Å²) in [5.74, 6) is -0.380. The summed E-state index contributed by atoms with van der Waals surface area (Å²) in [7, 11) is 0. The van der Waals surface area contributed by atoms with Crippen molar-refractivity contribution in [1.82, 2.24) is 9.78 Å². The summed E-state index contributed by atoms with van der Waals surface area (Å²) in [5.41, 5.74) is 7.12. The van der Waals surface area contributed by atoms with Crippen LogP contribution in [0.1, 0.15) is 22.3 Å². The van der Waals surface area contributed by atoms with Gasteiger partial charge in [-0.1, -0.05) is 6.07 Å². The summed E-state index contributed by atoms with van der Waals surface area (Å²) < 4.78 is 14.4. The monoisotopic (exact) mass is 277 g/mol. The van der Waals surface area contributed by atoms with Crippen LogP contribution >= 0.6 is 0 Å². The van der Waals surface area contributed by atoms with Gasteiger partial charge in [-0.25, -0.2) is 9.07 Å². The third-order valence-corrected chi connectivity index (χ3v) is 3.42. The highest BCUT2D eigenvalue weighted by molar-refractivity contribution is 5.28. The van der Waals surface area contributed by atoms with E-state index in [9.17, 15) is 14.0 Å².